The first kappa shape index (κ1) is 3.42. The second kappa shape index (κ2) is 0.844. The molecule has 0 aromatic rings. The van der Waals surface area contributed by atoms with Crippen LogP contribution in [0, 0.1) is 0 Å². The molecule has 34 valence electrons. The summed E-state index contributed by atoms with van der Waals surface area (Å²) in [6, 6.07) is 0. The fourth-order valence-electron chi connectivity index (χ4n) is 0.139. The van der Waals surface area contributed by atoms with Crippen molar-refractivity contribution in [3.05, 3.63) is 0 Å². The number of amides is 1. The van der Waals surface area contributed by atoms with Gasteiger partial charge in [0.2, 0.25) is 0 Å². The van der Waals surface area contributed by atoms with Crippen LogP contribution < -0.4 is 0 Å². The van der Waals surface area contributed by atoms with E-state index < -0.39 is 6.09 Å². The Morgan fingerprint density at radius 2 is 2.50 bits per heavy atom. The summed E-state index contributed by atoms with van der Waals surface area (Å²) in [6.07, 6.45) is -1.02. The van der Waals surface area contributed by atoms with Gasteiger partial charge in [0, 0.05) is 0 Å². The lowest BCUT2D eigenvalue weighted by atomic mass is 11.1. The van der Waals surface area contributed by atoms with Gasteiger partial charge in [0.1, 0.15) is 0 Å². The number of carbonyl (C=O) groups is 1. The molecule has 0 bridgehead atoms. The summed E-state index contributed by atoms with van der Waals surface area (Å²) in [5.41, 5.74) is 0. The van der Waals surface area contributed by atoms with E-state index in [0.29, 0.717) is 0 Å². The molecule has 1 heterocycles. The highest BCUT2D eigenvalue weighted by Gasteiger charge is 2.24. The summed E-state index contributed by atoms with van der Waals surface area (Å²) in [4.78, 5) is 13.8. The van der Waals surface area contributed by atoms with Crippen molar-refractivity contribution in [3.8, 4) is 0 Å². The van der Waals surface area contributed by atoms with Gasteiger partial charge in [-0.15, -0.1) is 0 Å². The number of rotatable bonds is 0. The molecule has 1 rings (SSSR count). The SMILES string of the molecule is O=C(O)N1CO1. The van der Waals surface area contributed by atoms with E-state index in [1.54, 1.807) is 0 Å². The van der Waals surface area contributed by atoms with Gasteiger partial charge in [-0.1, -0.05) is 0 Å². The second-order valence-corrected chi connectivity index (χ2v) is 0.919. The van der Waals surface area contributed by atoms with Gasteiger partial charge in [0.05, 0.1) is 0 Å². The first-order valence-electron chi connectivity index (χ1n) is 1.44. The van der Waals surface area contributed by atoms with Gasteiger partial charge in [-0.2, -0.15) is 5.06 Å². The highest BCUT2D eigenvalue weighted by atomic mass is 16.8. The van der Waals surface area contributed by atoms with Gasteiger partial charge in [0.15, 0.2) is 6.73 Å². The third-order valence-electron chi connectivity index (χ3n) is 0.472. The summed E-state index contributed by atoms with van der Waals surface area (Å²) in [6.45, 7) is 0.231. The van der Waals surface area contributed by atoms with Crippen LogP contribution in [0.5, 0.6) is 0 Å². The molecule has 4 heteroatoms. The minimum Gasteiger partial charge on any atom is -0.463 e. The van der Waals surface area contributed by atoms with Gasteiger partial charge in [-0.25, -0.2) is 9.63 Å². The van der Waals surface area contributed by atoms with Crippen molar-refractivity contribution in [2.24, 2.45) is 0 Å². The minimum absolute atomic E-state index is 0.231. The van der Waals surface area contributed by atoms with E-state index in [-0.39, 0.29) is 6.73 Å². The third-order valence-corrected chi connectivity index (χ3v) is 0.472. The molecule has 1 aliphatic rings. The van der Waals surface area contributed by atoms with Crippen molar-refractivity contribution >= 4 is 6.09 Å². The first-order chi connectivity index (χ1) is 2.80. The molecule has 1 N–H and O–H groups in total. The van der Waals surface area contributed by atoms with Crippen LogP contribution in [0.2, 0.25) is 0 Å². The van der Waals surface area contributed by atoms with Gasteiger partial charge in [0.25, 0.3) is 0 Å². The molecule has 1 saturated heterocycles. The molecule has 0 saturated carbocycles. The fraction of sp³-hybridized carbons (Fsp3) is 0.500. The predicted molar refractivity (Wildman–Crippen MR) is 15.8 cm³/mol. The van der Waals surface area contributed by atoms with Crippen molar-refractivity contribution in [3.63, 3.8) is 0 Å². The molecule has 0 unspecified atom stereocenters. The van der Waals surface area contributed by atoms with E-state index in [1.807, 2.05) is 0 Å². The smallest absolute Gasteiger partial charge is 0.433 e. The Morgan fingerprint density at radius 1 is 2.00 bits per heavy atom. The van der Waals surface area contributed by atoms with Crippen molar-refractivity contribution in [1.82, 2.24) is 5.06 Å². The fourth-order valence-corrected chi connectivity index (χ4v) is 0.139. The lowest BCUT2D eigenvalue weighted by Crippen LogP contribution is -2.03. The number of hydrogen-bond acceptors (Lipinski definition) is 2. The molecular formula is C2H3NO3. The molecule has 0 aromatic heterocycles. The van der Waals surface area contributed by atoms with E-state index in [4.69, 9.17) is 5.11 Å². The van der Waals surface area contributed by atoms with Crippen LogP contribution in [-0.4, -0.2) is 23.0 Å². The molecule has 6 heavy (non-hydrogen) atoms. The van der Waals surface area contributed by atoms with Gasteiger partial charge in [-0.3, -0.25) is 0 Å². The Hall–Kier alpha value is -0.770. The lowest BCUT2D eigenvalue weighted by Gasteiger charge is -1.78. The third kappa shape index (κ3) is 0.414. The maximum absolute atomic E-state index is 9.56. The zero-order valence-corrected chi connectivity index (χ0v) is 2.92. The normalized spacial score (nSPS) is 17.7. The highest BCUT2D eigenvalue weighted by molar-refractivity contribution is 5.64. The van der Waals surface area contributed by atoms with E-state index in [2.05, 4.69) is 4.84 Å². The molecular weight excluding hydrogens is 86.0 g/mol. The zero-order valence-electron chi connectivity index (χ0n) is 2.92. The molecule has 4 nitrogen and oxygen atoms in total. The lowest BCUT2D eigenvalue weighted by molar-refractivity contribution is 0.130. The van der Waals surface area contributed by atoms with Crippen LogP contribution in [-0.2, 0) is 4.84 Å². The van der Waals surface area contributed by atoms with E-state index in [1.165, 1.54) is 0 Å². The van der Waals surface area contributed by atoms with Crippen LogP contribution >= 0.6 is 0 Å². The average Bonchev–Trinajstić information content (AvgIpc) is 2.06. The van der Waals surface area contributed by atoms with Crippen LogP contribution in [0.25, 0.3) is 0 Å². The molecule has 0 atom stereocenters. The number of hydrogen-bond donors (Lipinski definition) is 1. The van der Waals surface area contributed by atoms with Crippen molar-refractivity contribution < 1.29 is 14.7 Å². The molecule has 0 radical (unpaired) electrons. The molecule has 1 aliphatic heterocycles. The van der Waals surface area contributed by atoms with Crippen molar-refractivity contribution in [1.29, 1.82) is 0 Å². The highest BCUT2D eigenvalue weighted by Crippen LogP contribution is 2.04. The van der Waals surface area contributed by atoms with Crippen LogP contribution in [0.3, 0.4) is 0 Å². The Kier molecular flexibility index (Phi) is 0.481. The van der Waals surface area contributed by atoms with Crippen LogP contribution in [0.15, 0.2) is 0 Å². The number of carboxylic acid groups (broad SMARTS) is 1. The maximum Gasteiger partial charge on any atom is 0.433 e. The van der Waals surface area contributed by atoms with Gasteiger partial charge >= 0.3 is 6.09 Å². The average molecular weight is 89.0 g/mol. The Balaban J connectivity index is 2.31. The largest absolute Gasteiger partial charge is 0.463 e. The summed E-state index contributed by atoms with van der Waals surface area (Å²) in [5.74, 6) is 0. The van der Waals surface area contributed by atoms with Crippen LogP contribution in [0.4, 0.5) is 4.79 Å². The first-order valence-corrected chi connectivity index (χ1v) is 1.44. The molecule has 0 spiro atoms. The standard InChI is InChI=1S/C2H3NO3/c4-2(5)3-1-6-3/h1H2,(H,4,5). The van der Waals surface area contributed by atoms with Gasteiger partial charge < -0.3 is 5.11 Å². The second-order valence-electron chi connectivity index (χ2n) is 0.919. The Labute approximate surface area is 33.9 Å². The summed E-state index contributed by atoms with van der Waals surface area (Å²) in [7, 11) is 0. The van der Waals surface area contributed by atoms with E-state index >= 15 is 0 Å². The number of hydroxylamine groups is 2. The topological polar surface area (TPSA) is 52.8 Å². The van der Waals surface area contributed by atoms with E-state index in [9.17, 15) is 4.79 Å². The Bertz CT molecular complexity index is 76.9. The summed E-state index contributed by atoms with van der Waals surface area (Å²) < 4.78 is 0. The summed E-state index contributed by atoms with van der Waals surface area (Å²) >= 11 is 0. The molecule has 0 aromatic carbocycles. The van der Waals surface area contributed by atoms with Gasteiger partial charge in [-0.05, 0) is 0 Å². The zero-order chi connectivity index (χ0) is 4.57. The number of nitrogens with zero attached hydrogens (tertiary/aromatic N) is 1. The monoisotopic (exact) mass is 89.0 g/mol. The molecule has 0 aliphatic carbocycles. The van der Waals surface area contributed by atoms with Crippen LogP contribution in [0.1, 0.15) is 0 Å². The maximum atomic E-state index is 9.56. The Morgan fingerprint density at radius 3 is 2.50 bits per heavy atom. The van der Waals surface area contributed by atoms with Crippen molar-refractivity contribution in [2.45, 2.75) is 0 Å². The summed E-state index contributed by atoms with van der Waals surface area (Å²) in [5, 5.41) is 8.69. The predicted octanol–water partition coefficient (Wildman–Crippen LogP) is -0.131. The van der Waals surface area contributed by atoms with E-state index in [0.717, 1.165) is 5.06 Å². The quantitative estimate of drug-likeness (QED) is 0.420. The molecule has 1 amide bonds. The molecule has 1 fully saturated rings. The minimum atomic E-state index is -1.02. The van der Waals surface area contributed by atoms with Crippen molar-refractivity contribution in [2.75, 3.05) is 6.73 Å².